The minimum absolute atomic E-state index is 0.0482. The highest BCUT2D eigenvalue weighted by Crippen LogP contribution is 2.32. The van der Waals surface area contributed by atoms with Gasteiger partial charge in [0, 0.05) is 13.1 Å². The second kappa shape index (κ2) is 4.74. The van der Waals surface area contributed by atoms with Gasteiger partial charge in [-0.05, 0) is 31.5 Å². The summed E-state index contributed by atoms with van der Waals surface area (Å²) in [6.45, 7) is 2.13. The number of carbonyl (C=O) groups excluding carboxylic acids is 1. The molecule has 1 aliphatic rings. The first-order valence-electron chi connectivity index (χ1n) is 5.85. The minimum Gasteiger partial charge on any atom is -0.508 e. The van der Waals surface area contributed by atoms with Crippen LogP contribution in [0.3, 0.4) is 0 Å². The van der Waals surface area contributed by atoms with Gasteiger partial charge in [-0.15, -0.1) is 0 Å². The maximum absolute atomic E-state index is 12.3. The number of hydrogen-bond donors (Lipinski definition) is 2. The summed E-state index contributed by atoms with van der Waals surface area (Å²) in [5.41, 5.74) is -0.727. The van der Waals surface area contributed by atoms with Crippen molar-refractivity contribution in [3.05, 3.63) is 28.8 Å². The molecule has 1 heterocycles. The zero-order valence-corrected chi connectivity index (χ0v) is 11.1. The molecule has 1 aromatic rings. The molecule has 1 atom stereocenters. The second-order valence-corrected chi connectivity index (χ2v) is 5.41. The van der Waals surface area contributed by atoms with Crippen LogP contribution < -0.4 is 0 Å². The monoisotopic (exact) mass is 283 g/mol. The molecule has 0 radical (unpaired) electrons. The van der Waals surface area contributed by atoms with Crippen molar-refractivity contribution in [1.29, 1.82) is 0 Å². The highest BCUT2D eigenvalue weighted by Gasteiger charge is 2.42. The van der Waals surface area contributed by atoms with E-state index in [0.29, 0.717) is 13.0 Å². The number of amides is 1. The quantitative estimate of drug-likeness (QED) is 0.870. The van der Waals surface area contributed by atoms with Gasteiger partial charge in [0.2, 0.25) is 0 Å². The molecule has 1 amide bonds. The van der Waals surface area contributed by atoms with Crippen molar-refractivity contribution in [2.24, 2.45) is 5.41 Å². The van der Waals surface area contributed by atoms with Crippen LogP contribution in [0.5, 0.6) is 5.75 Å². The number of rotatable bonds is 2. The Labute approximate surface area is 115 Å². The molecule has 19 heavy (non-hydrogen) atoms. The summed E-state index contributed by atoms with van der Waals surface area (Å²) in [5.74, 6) is -1.32. The third kappa shape index (κ3) is 2.51. The zero-order valence-electron chi connectivity index (χ0n) is 10.4. The lowest BCUT2D eigenvalue weighted by Gasteiger charge is -2.20. The lowest BCUT2D eigenvalue weighted by atomic mass is 9.90. The van der Waals surface area contributed by atoms with Crippen LogP contribution in [0.15, 0.2) is 18.2 Å². The average Bonchev–Trinajstić information content (AvgIpc) is 2.76. The molecule has 102 valence electrons. The number of benzene rings is 1. The van der Waals surface area contributed by atoms with E-state index in [0.717, 1.165) is 0 Å². The molecular weight excluding hydrogens is 270 g/mol. The van der Waals surface area contributed by atoms with Crippen molar-refractivity contribution in [3.8, 4) is 5.75 Å². The molecular formula is C13H14ClNO4. The van der Waals surface area contributed by atoms with Crippen LogP contribution in [0.25, 0.3) is 0 Å². The van der Waals surface area contributed by atoms with Crippen LogP contribution in [0.1, 0.15) is 23.7 Å². The Morgan fingerprint density at radius 3 is 2.68 bits per heavy atom. The van der Waals surface area contributed by atoms with E-state index in [1.165, 1.54) is 23.1 Å². The molecule has 1 unspecified atom stereocenters. The molecule has 2 rings (SSSR count). The number of carboxylic acids is 1. The normalized spacial score (nSPS) is 22.5. The number of likely N-dealkylation sites (tertiary alicyclic amines) is 1. The van der Waals surface area contributed by atoms with Crippen molar-refractivity contribution in [1.82, 2.24) is 4.90 Å². The van der Waals surface area contributed by atoms with Gasteiger partial charge in [-0.2, -0.15) is 0 Å². The highest BCUT2D eigenvalue weighted by atomic mass is 35.5. The Morgan fingerprint density at radius 1 is 1.42 bits per heavy atom. The molecule has 0 bridgehead atoms. The third-order valence-electron chi connectivity index (χ3n) is 3.46. The van der Waals surface area contributed by atoms with Crippen LogP contribution in [-0.2, 0) is 4.79 Å². The van der Waals surface area contributed by atoms with Crippen molar-refractivity contribution >= 4 is 23.5 Å². The van der Waals surface area contributed by atoms with Crippen molar-refractivity contribution in [2.75, 3.05) is 13.1 Å². The minimum atomic E-state index is -0.918. The Bertz CT molecular complexity index is 545. The summed E-state index contributed by atoms with van der Waals surface area (Å²) in [6.07, 6.45) is 0.407. The Hall–Kier alpha value is -1.75. The smallest absolute Gasteiger partial charge is 0.311 e. The number of aliphatic carboxylic acids is 1. The lowest BCUT2D eigenvalue weighted by Crippen LogP contribution is -2.35. The first-order chi connectivity index (χ1) is 8.83. The van der Waals surface area contributed by atoms with E-state index in [-0.39, 0.29) is 28.8 Å². The first kappa shape index (κ1) is 13.7. The van der Waals surface area contributed by atoms with Crippen molar-refractivity contribution in [3.63, 3.8) is 0 Å². The molecule has 0 aliphatic carbocycles. The maximum atomic E-state index is 12.3. The Morgan fingerprint density at radius 2 is 2.11 bits per heavy atom. The summed E-state index contributed by atoms with van der Waals surface area (Å²) >= 11 is 5.93. The number of halogens is 1. The number of phenols is 1. The summed E-state index contributed by atoms with van der Waals surface area (Å²) in [7, 11) is 0. The number of carboxylic acid groups (broad SMARTS) is 1. The number of carbonyl (C=O) groups is 2. The highest BCUT2D eigenvalue weighted by molar-refractivity contribution is 6.33. The molecule has 0 spiro atoms. The predicted molar refractivity (Wildman–Crippen MR) is 69.4 cm³/mol. The molecule has 1 saturated heterocycles. The van der Waals surface area contributed by atoms with Gasteiger partial charge in [-0.3, -0.25) is 9.59 Å². The van der Waals surface area contributed by atoms with E-state index in [9.17, 15) is 14.7 Å². The van der Waals surface area contributed by atoms with Gasteiger partial charge in [-0.25, -0.2) is 0 Å². The van der Waals surface area contributed by atoms with Gasteiger partial charge in [-0.1, -0.05) is 11.6 Å². The molecule has 1 fully saturated rings. The zero-order chi connectivity index (χ0) is 14.2. The number of aromatic hydroxyl groups is 1. The summed E-state index contributed by atoms with van der Waals surface area (Å²) in [4.78, 5) is 24.9. The molecule has 0 saturated carbocycles. The number of hydrogen-bond acceptors (Lipinski definition) is 3. The average molecular weight is 284 g/mol. The van der Waals surface area contributed by atoms with Crippen LogP contribution in [-0.4, -0.2) is 40.1 Å². The molecule has 0 aromatic heterocycles. The van der Waals surface area contributed by atoms with Crippen molar-refractivity contribution in [2.45, 2.75) is 13.3 Å². The number of nitrogens with zero attached hydrogens (tertiary/aromatic N) is 1. The van der Waals surface area contributed by atoms with Gasteiger partial charge in [0.1, 0.15) is 5.75 Å². The van der Waals surface area contributed by atoms with E-state index < -0.39 is 11.4 Å². The molecule has 1 aliphatic heterocycles. The Balaban J connectivity index is 2.22. The molecule has 5 nitrogen and oxygen atoms in total. The van der Waals surface area contributed by atoms with Gasteiger partial charge in [0.05, 0.1) is 16.0 Å². The SMILES string of the molecule is CC1(C(=O)O)CCN(C(=O)c2cc(O)ccc2Cl)C1. The largest absolute Gasteiger partial charge is 0.508 e. The predicted octanol–water partition coefficient (Wildman–Crippen LogP) is 1.98. The van der Waals surface area contributed by atoms with E-state index in [1.54, 1.807) is 6.92 Å². The van der Waals surface area contributed by atoms with E-state index in [2.05, 4.69) is 0 Å². The number of phenolic OH excluding ortho intramolecular Hbond substituents is 1. The molecule has 6 heteroatoms. The van der Waals surface area contributed by atoms with Gasteiger partial charge >= 0.3 is 5.97 Å². The topological polar surface area (TPSA) is 77.8 Å². The van der Waals surface area contributed by atoms with E-state index in [4.69, 9.17) is 16.7 Å². The lowest BCUT2D eigenvalue weighted by molar-refractivity contribution is -0.147. The maximum Gasteiger partial charge on any atom is 0.311 e. The van der Waals surface area contributed by atoms with E-state index in [1.807, 2.05) is 0 Å². The van der Waals surface area contributed by atoms with Crippen molar-refractivity contribution < 1.29 is 19.8 Å². The molecule has 1 aromatic carbocycles. The van der Waals surface area contributed by atoms with Crippen LogP contribution in [0, 0.1) is 5.41 Å². The summed E-state index contributed by atoms with van der Waals surface area (Å²) < 4.78 is 0. The van der Waals surface area contributed by atoms with Crippen LogP contribution in [0.4, 0.5) is 0 Å². The van der Waals surface area contributed by atoms with Crippen LogP contribution in [0.2, 0.25) is 5.02 Å². The van der Waals surface area contributed by atoms with Gasteiger partial charge < -0.3 is 15.1 Å². The van der Waals surface area contributed by atoms with E-state index >= 15 is 0 Å². The first-order valence-corrected chi connectivity index (χ1v) is 6.22. The van der Waals surface area contributed by atoms with Gasteiger partial charge in [0.25, 0.3) is 5.91 Å². The fourth-order valence-electron chi connectivity index (χ4n) is 2.16. The summed E-state index contributed by atoms with van der Waals surface area (Å²) in [5, 5.41) is 18.8. The van der Waals surface area contributed by atoms with Crippen LogP contribution >= 0.6 is 11.6 Å². The fourth-order valence-corrected chi connectivity index (χ4v) is 2.35. The molecule has 2 N–H and O–H groups in total. The second-order valence-electron chi connectivity index (χ2n) is 5.01. The van der Waals surface area contributed by atoms with Gasteiger partial charge in [0.15, 0.2) is 0 Å². The fraction of sp³-hybridized carbons (Fsp3) is 0.385. The Kier molecular flexibility index (Phi) is 3.41. The standard InChI is InChI=1S/C13H14ClNO4/c1-13(12(18)19)4-5-15(7-13)11(17)9-6-8(16)2-3-10(9)14/h2-3,6,16H,4-5,7H2,1H3,(H,18,19). The third-order valence-corrected chi connectivity index (χ3v) is 3.79. The summed E-state index contributed by atoms with van der Waals surface area (Å²) in [6, 6.07) is 4.13.